The highest BCUT2D eigenvalue weighted by Crippen LogP contribution is 2.24. The number of rotatable bonds is 4. The molecule has 1 heterocycles. The minimum absolute atomic E-state index is 0.0172. The fraction of sp³-hybridized carbons (Fsp3) is 0.421. The first kappa shape index (κ1) is 16.3. The second kappa shape index (κ2) is 5.99. The van der Waals surface area contributed by atoms with Crippen LogP contribution in [-0.2, 0) is 5.54 Å². The van der Waals surface area contributed by atoms with Crippen molar-refractivity contribution in [3.8, 4) is 0 Å². The number of nitrogens with one attached hydrogen (secondary N) is 1. The smallest absolute Gasteiger partial charge is 0.183 e. The molecule has 0 aliphatic carbocycles. The summed E-state index contributed by atoms with van der Waals surface area (Å²) in [5.41, 5.74) is 5.13. The molecule has 2 aromatic rings. The van der Waals surface area contributed by atoms with Gasteiger partial charge in [0.25, 0.3) is 0 Å². The van der Waals surface area contributed by atoms with Crippen LogP contribution in [0.25, 0.3) is 0 Å². The van der Waals surface area contributed by atoms with Crippen LogP contribution in [-0.4, -0.2) is 16.9 Å². The molecule has 0 spiro atoms. The monoisotopic (exact) mass is 298 g/mol. The summed E-state index contributed by atoms with van der Waals surface area (Å²) >= 11 is 0. The van der Waals surface area contributed by atoms with E-state index in [4.69, 9.17) is 0 Å². The minimum Gasteiger partial charge on any atom is -0.378 e. The molecular weight excluding hydrogens is 272 g/mol. The van der Waals surface area contributed by atoms with E-state index in [0.717, 1.165) is 22.6 Å². The van der Waals surface area contributed by atoms with E-state index in [0.29, 0.717) is 6.54 Å². The summed E-state index contributed by atoms with van der Waals surface area (Å²) < 4.78 is 2.23. The Kier molecular flexibility index (Phi) is 4.45. The number of hydrogen-bond acceptors (Lipinski definition) is 2. The Balaban J connectivity index is 2.17. The van der Waals surface area contributed by atoms with E-state index in [1.165, 1.54) is 5.56 Å². The van der Waals surface area contributed by atoms with Gasteiger partial charge in [-0.15, -0.1) is 0 Å². The summed E-state index contributed by atoms with van der Waals surface area (Å²) in [5.74, 6) is 0.130. The molecule has 0 unspecified atom stereocenters. The first-order valence-corrected chi connectivity index (χ1v) is 7.73. The van der Waals surface area contributed by atoms with Gasteiger partial charge in [-0.05, 0) is 65.3 Å². The molecule has 0 atom stereocenters. The fourth-order valence-corrected chi connectivity index (χ4v) is 3.11. The largest absolute Gasteiger partial charge is 0.378 e. The van der Waals surface area contributed by atoms with Gasteiger partial charge >= 0.3 is 0 Å². The molecule has 0 aliphatic heterocycles. The summed E-state index contributed by atoms with van der Waals surface area (Å²) in [6.45, 7) is 12.9. The van der Waals surface area contributed by atoms with Gasteiger partial charge < -0.3 is 9.88 Å². The van der Waals surface area contributed by atoms with E-state index in [1.54, 1.807) is 0 Å². The van der Waals surface area contributed by atoms with Crippen molar-refractivity contribution in [1.29, 1.82) is 0 Å². The van der Waals surface area contributed by atoms with Gasteiger partial charge in [-0.2, -0.15) is 0 Å². The van der Waals surface area contributed by atoms with Gasteiger partial charge in [-0.25, -0.2) is 0 Å². The topological polar surface area (TPSA) is 34.0 Å². The molecular formula is C19H26N2O. The molecule has 1 aromatic carbocycles. The van der Waals surface area contributed by atoms with Gasteiger partial charge in [-0.3, -0.25) is 4.79 Å². The molecule has 1 N–H and O–H groups in total. The van der Waals surface area contributed by atoms with Crippen molar-refractivity contribution in [2.75, 3.05) is 11.9 Å². The van der Waals surface area contributed by atoms with Crippen molar-refractivity contribution >= 4 is 11.5 Å². The molecule has 0 saturated carbocycles. The standard InChI is InChI=1S/C19H26N2O/c1-13-8-7-9-16(10-13)20-12-18(22)17-11-14(2)21(15(17)3)19(4,5)6/h7-11,20H,12H2,1-6H3. The number of carbonyl (C=O) groups is 1. The predicted octanol–water partition coefficient (Wildman–Crippen LogP) is 4.46. The third-order valence-corrected chi connectivity index (χ3v) is 3.87. The van der Waals surface area contributed by atoms with Crippen molar-refractivity contribution in [2.45, 2.75) is 47.1 Å². The summed E-state index contributed by atoms with van der Waals surface area (Å²) in [6.07, 6.45) is 0. The first-order chi connectivity index (χ1) is 10.2. The predicted molar refractivity (Wildman–Crippen MR) is 92.9 cm³/mol. The van der Waals surface area contributed by atoms with Crippen LogP contribution in [0.2, 0.25) is 0 Å². The van der Waals surface area contributed by atoms with E-state index < -0.39 is 0 Å². The zero-order valence-corrected chi connectivity index (χ0v) is 14.4. The Hall–Kier alpha value is -2.03. The molecule has 3 nitrogen and oxygen atoms in total. The molecule has 2 rings (SSSR count). The molecule has 0 aliphatic rings. The third-order valence-electron chi connectivity index (χ3n) is 3.87. The Labute approximate surface area is 133 Å². The fourth-order valence-electron chi connectivity index (χ4n) is 3.11. The quantitative estimate of drug-likeness (QED) is 0.845. The molecule has 0 saturated heterocycles. The number of ketones is 1. The van der Waals surface area contributed by atoms with E-state index in [1.807, 2.05) is 44.2 Å². The molecule has 0 bridgehead atoms. The number of Topliss-reactive ketones (excluding diaryl/α,β-unsaturated/α-hetero) is 1. The van der Waals surface area contributed by atoms with Crippen molar-refractivity contribution in [2.24, 2.45) is 0 Å². The third kappa shape index (κ3) is 3.41. The van der Waals surface area contributed by atoms with Crippen LogP contribution in [0.5, 0.6) is 0 Å². The highest BCUT2D eigenvalue weighted by molar-refractivity contribution is 6.00. The zero-order chi connectivity index (χ0) is 16.5. The first-order valence-electron chi connectivity index (χ1n) is 7.73. The van der Waals surface area contributed by atoms with E-state index in [-0.39, 0.29) is 11.3 Å². The molecule has 1 aromatic heterocycles. The van der Waals surface area contributed by atoms with Crippen LogP contribution >= 0.6 is 0 Å². The Morgan fingerprint density at radius 3 is 2.36 bits per heavy atom. The molecule has 0 amide bonds. The number of nitrogens with zero attached hydrogens (tertiary/aromatic N) is 1. The second-order valence-corrected chi connectivity index (χ2v) is 6.94. The lowest BCUT2D eigenvalue weighted by Crippen LogP contribution is -2.24. The minimum atomic E-state index is -0.0172. The van der Waals surface area contributed by atoms with Crippen LogP contribution in [0, 0.1) is 20.8 Å². The van der Waals surface area contributed by atoms with Gasteiger partial charge in [0, 0.05) is 28.2 Å². The van der Waals surface area contributed by atoms with Crippen LogP contribution in [0.3, 0.4) is 0 Å². The number of hydrogen-bond donors (Lipinski definition) is 1. The summed E-state index contributed by atoms with van der Waals surface area (Å²) in [5, 5.41) is 3.22. The Morgan fingerprint density at radius 1 is 1.14 bits per heavy atom. The number of aryl methyl sites for hydroxylation is 2. The van der Waals surface area contributed by atoms with E-state index in [2.05, 4.69) is 37.6 Å². The van der Waals surface area contributed by atoms with Gasteiger partial charge in [0.15, 0.2) is 5.78 Å². The maximum atomic E-state index is 12.5. The number of carbonyl (C=O) groups excluding carboxylic acids is 1. The maximum Gasteiger partial charge on any atom is 0.183 e. The zero-order valence-electron chi connectivity index (χ0n) is 14.4. The van der Waals surface area contributed by atoms with Crippen LogP contribution < -0.4 is 5.32 Å². The Bertz CT molecular complexity index is 690. The van der Waals surface area contributed by atoms with Crippen molar-refractivity contribution in [3.05, 3.63) is 52.8 Å². The number of benzene rings is 1. The number of anilines is 1. The van der Waals surface area contributed by atoms with Crippen molar-refractivity contribution in [3.63, 3.8) is 0 Å². The molecule has 0 radical (unpaired) electrons. The Morgan fingerprint density at radius 2 is 1.82 bits per heavy atom. The maximum absolute atomic E-state index is 12.5. The van der Waals surface area contributed by atoms with E-state index in [9.17, 15) is 4.79 Å². The average molecular weight is 298 g/mol. The lowest BCUT2D eigenvalue weighted by Gasteiger charge is -2.25. The van der Waals surface area contributed by atoms with Crippen LogP contribution in [0.15, 0.2) is 30.3 Å². The average Bonchev–Trinajstić information content (AvgIpc) is 2.71. The van der Waals surface area contributed by atoms with Gasteiger partial charge in [-0.1, -0.05) is 12.1 Å². The molecule has 3 heteroatoms. The number of aromatic nitrogens is 1. The molecule has 118 valence electrons. The van der Waals surface area contributed by atoms with Crippen molar-refractivity contribution < 1.29 is 4.79 Å². The van der Waals surface area contributed by atoms with Gasteiger partial charge in [0.1, 0.15) is 0 Å². The molecule has 0 fully saturated rings. The highest BCUT2D eigenvalue weighted by atomic mass is 16.1. The van der Waals surface area contributed by atoms with Crippen molar-refractivity contribution in [1.82, 2.24) is 4.57 Å². The van der Waals surface area contributed by atoms with Crippen LogP contribution in [0.1, 0.15) is 48.1 Å². The summed E-state index contributed by atoms with van der Waals surface area (Å²) in [7, 11) is 0. The summed E-state index contributed by atoms with van der Waals surface area (Å²) in [6, 6.07) is 10.1. The second-order valence-electron chi connectivity index (χ2n) is 6.94. The SMILES string of the molecule is Cc1cccc(NCC(=O)c2cc(C)n(C(C)(C)C)c2C)c1. The highest BCUT2D eigenvalue weighted by Gasteiger charge is 2.22. The van der Waals surface area contributed by atoms with Gasteiger partial charge in [0.2, 0.25) is 0 Å². The van der Waals surface area contributed by atoms with Gasteiger partial charge in [0.05, 0.1) is 6.54 Å². The summed E-state index contributed by atoms with van der Waals surface area (Å²) in [4.78, 5) is 12.5. The van der Waals surface area contributed by atoms with Crippen LogP contribution in [0.4, 0.5) is 5.69 Å². The normalized spacial score (nSPS) is 11.5. The lowest BCUT2D eigenvalue weighted by atomic mass is 10.1. The molecule has 22 heavy (non-hydrogen) atoms. The van der Waals surface area contributed by atoms with E-state index >= 15 is 0 Å². The lowest BCUT2D eigenvalue weighted by molar-refractivity contribution is 0.100.